The molecule has 0 unspecified atom stereocenters. The third-order valence-electron chi connectivity index (χ3n) is 2.20. The van der Waals surface area contributed by atoms with Gasteiger partial charge < -0.3 is 17.0 Å². The molecule has 0 atom stereocenters. The van der Waals surface area contributed by atoms with Crippen molar-refractivity contribution in [1.82, 2.24) is 0 Å². The first-order valence-corrected chi connectivity index (χ1v) is 3.82. The molecule has 0 spiro atoms. The number of ether oxygens (including phenoxy) is 1. The predicted octanol–water partition coefficient (Wildman–Crippen LogP) is 2.24. The third kappa shape index (κ3) is 4.52. The summed E-state index contributed by atoms with van der Waals surface area (Å²) >= 11 is 0. The van der Waals surface area contributed by atoms with Crippen LogP contribution in [0, 0.1) is 38.5 Å². The molecule has 1 fully saturated rings. The maximum Gasteiger partial charge on any atom is 2.00 e. The van der Waals surface area contributed by atoms with Crippen LogP contribution in [0.25, 0.3) is 0 Å². The van der Waals surface area contributed by atoms with Crippen LogP contribution in [0.15, 0.2) is 0 Å². The van der Waals surface area contributed by atoms with Crippen LogP contribution < -0.4 is 0 Å². The van der Waals surface area contributed by atoms with Crippen LogP contribution in [0.3, 0.4) is 0 Å². The van der Waals surface area contributed by atoms with Gasteiger partial charge in [-0.15, -0.1) is 0 Å². The van der Waals surface area contributed by atoms with Crippen LogP contribution in [0.4, 0.5) is 0 Å². The second-order valence-corrected chi connectivity index (χ2v) is 3.20. The molecular formula is C9H16O2U. The van der Waals surface area contributed by atoms with E-state index in [1.165, 1.54) is 25.7 Å². The van der Waals surface area contributed by atoms with Gasteiger partial charge in [-0.3, -0.25) is 0 Å². The Morgan fingerprint density at radius 3 is 2.17 bits per heavy atom. The van der Waals surface area contributed by atoms with Gasteiger partial charge in [0, 0.05) is 0 Å². The summed E-state index contributed by atoms with van der Waals surface area (Å²) in [5, 5.41) is 0. The fourth-order valence-corrected chi connectivity index (χ4v) is 1.50. The van der Waals surface area contributed by atoms with Crippen molar-refractivity contribution in [2.75, 3.05) is 0 Å². The second-order valence-electron chi connectivity index (χ2n) is 3.20. The van der Waals surface area contributed by atoms with Crippen LogP contribution in [0.1, 0.15) is 39.0 Å². The zero-order valence-electron chi connectivity index (χ0n) is 7.85. The first-order valence-electron chi connectivity index (χ1n) is 3.82. The van der Waals surface area contributed by atoms with E-state index in [4.69, 9.17) is 4.74 Å². The number of rotatable bonds is 2. The van der Waals surface area contributed by atoms with Crippen LogP contribution in [-0.4, -0.2) is 12.1 Å². The Kier molecular flexibility index (Phi) is 8.73. The Morgan fingerprint density at radius 1 is 1.25 bits per heavy atom. The van der Waals surface area contributed by atoms with E-state index >= 15 is 0 Å². The largest absolute Gasteiger partial charge is 2.00 e. The van der Waals surface area contributed by atoms with Crippen LogP contribution in [-0.2, 0) is 9.53 Å². The van der Waals surface area contributed by atoms with Crippen molar-refractivity contribution in [3.63, 3.8) is 0 Å². The summed E-state index contributed by atoms with van der Waals surface area (Å²) in [6.45, 7) is 3.51. The monoisotopic (exact) mass is 394 g/mol. The third-order valence-corrected chi connectivity index (χ3v) is 2.20. The topological polar surface area (TPSA) is 26.3 Å². The van der Waals surface area contributed by atoms with Gasteiger partial charge in [0.2, 0.25) is 0 Å². The van der Waals surface area contributed by atoms with Crippen molar-refractivity contribution in [1.29, 1.82) is 0 Å². The average Bonchev–Trinajstić information content (AvgIpc) is 1.89. The van der Waals surface area contributed by atoms with Gasteiger partial charge in [0.05, 0.1) is 5.60 Å². The molecule has 0 aromatic carbocycles. The number of hydrogen-bond donors (Lipinski definition) is 0. The van der Waals surface area contributed by atoms with Gasteiger partial charge in [0.15, 0.2) is 0 Å². The molecule has 0 N–H and O–H groups in total. The van der Waals surface area contributed by atoms with E-state index in [1.807, 2.05) is 6.92 Å². The Hall–Kier alpha value is 0.522. The van der Waals surface area contributed by atoms with E-state index in [0.29, 0.717) is 0 Å². The van der Waals surface area contributed by atoms with E-state index in [1.54, 1.807) is 0 Å². The molecule has 1 rings (SSSR count). The van der Waals surface area contributed by atoms with Gasteiger partial charge in [-0.25, -0.2) is 0 Å². The molecule has 1 aliphatic rings. The summed E-state index contributed by atoms with van der Waals surface area (Å²) in [6, 6.07) is 0. The van der Waals surface area contributed by atoms with Gasteiger partial charge in [-0.1, -0.05) is 12.9 Å². The van der Waals surface area contributed by atoms with Crippen LogP contribution >= 0.6 is 0 Å². The quantitative estimate of drug-likeness (QED) is 0.672. The molecule has 12 heavy (non-hydrogen) atoms. The fraction of sp³-hybridized carbons (Fsp3) is 0.778. The van der Waals surface area contributed by atoms with Gasteiger partial charge in [-0.2, -0.15) is 0 Å². The molecule has 0 aromatic rings. The molecule has 0 heterocycles. The van der Waals surface area contributed by atoms with E-state index in [0.717, 1.165) is 12.8 Å². The molecule has 0 bridgehead atoms. The molecule has 1 saturated carbocycles. The zero-order valence-corrected chi connectivity index (χ0v) is 12.0. The number of carbonyl (C=O) groups excluding carboxylic acids is 1. The predicted molar refractivity (Wildman–Crippen MR) is 44.7 cm³/mol. The molecule has 0 amide bonds. The average molecular weight is 394 g/mol. The first kappa shape index (κ1) is 15.0. The molecule has 0 aliphatic heterocycles. The fourth-order valence-electron chi connectivity index (χ4n) is 1.50. The molecule has 2 nitrogen and oxygen atoms in total. The van der Waals surface area contributed by atoms with Gasteiger partial charge in [0.1, 0.15) is 0 Å². The second kappa shape index (κ2) is 6.98. The van der Waals surface area contributed by atoms with Crippen molar-refractivity contribution in [2.24, 2.45) is 0 Å². The molecular weight excluding hydrogens is 378 g/mol. The Morgan fingerprint density at radius 2 is 1.75 bits per heavy atom. The number of hydrogen-bond acceptors (Lipinski definition) is 2. The Bertz CT molecular complexity index is 120. The van der Waals surface area contributed by atoms with Crippen molar-refractivity contribution < 1.29 is 40.6 Å². The Balaban J connectivity index is 0. The van der Waals surface area contributed by atoms with Crippen molar-refractivity contribution in [3.05, 3.63) is 7.43 Å². The van der Waals surface area contributed by atoms with E-state index in [-0.39, 0.29) is 44.1 Å². The van der Waals surface area contributed by atoms with Crippen molar-refractivity contribution in [2.45, 2.75) is 44.6 Å². The zero-order chi connectivity index (χ0) is 7.45. The molecule has 0 aromatic heterocycles. The smallest absolute Gasteiger partial charge is 0.649 e. The van der Waals surface area contributed by atoms with Crippen LogP contribution in [0.5, 0.6) is 0 Å². The van der Waals surface area contributed by atoms with Gasteiger partial charge >= 0.3 is 31.1 Å². The van der Waals surface area contributed by atoms with Gasteiger partial charge in [-0.05, 0) is 32.6 Å². The Labute approximate surface area is 98.8 Å². The molecule has 0 radical (unpaired) electrons. The maximum absolute atomic E-state index is 9.93. The minimum absolute atomic E-state index is 0. The maximum atomic E-state index is 9.93. The summed E-state index contributed by atoms with van der Waals surface area (Å²) < 4.78 is 4.86. The summed E-state index contributed by atoms with van der Waals surface area (Å²) in [7, 11) is 0. The van der Waals surface area contributed by atoms with Gasteiger partial charge in [0.25, 0.3) is 0 Å². The standard InChI is InChI=1S/C8H13O2.CH3.U/c1-8(10-7-9)5-3-2-4-6-8;;/h2-6H2,1H3;1H3;/q2*-1;+2. The summed E-state index contributed by atoms with van der Waals surface area (Å²) in [5.41, 5.74) is -0.194. The molecule has 3 heteroatoms. The molecule has 1 aliphatic carbocycles. The van der Waals surface area contributed by atoms with E-state index < -0.39 is 0 Å². The van der Waals surface area contributed by atoms with Crippen LogP contribution in [0.2, 0.25) is 0 Å². The summed E-state index contributed by atoms with van der Waals surface area (Å²) in [4.78, 5) is 9.93. The first-order chi connectivity index (χ1) is 4.77. The molecule has 0 saturated heterocycles. The summed E-state index contributed by atoms with van der Waals surface area (Å²) in [5.74, 6) is 0. The molecule has 68 valence electrons. The van der Waals surface area contributed by atoms with Crippen molar-refractivity contribution in [3.8, 4) is 0 Å². The van der Waals surface area contributed by atoms with E-state index in [9.17, 15) is 4.79 Å². The summed E-state index contributed by atoms with van der Waals surface area (Å²) in [6.07, 6.45) is 5.64. The minimum Gasteiger partial charge on any atom is -0.649 e. The minimum atomic E-state index is -0.194. The van der Waals surface area contributed by atoms with E-state index in [2.05, 4.69) is 0 Å². The SMILES string of the molecule is CC1(O[C-]=O)CCCCC1.[CH3-].[U+2]. The van der Waals surface area contributed by atoms with Crippen molar-refractivity contribution >= 4 is 6.47 Å². The normalized spacial score (nSPS) is 19.8.